The average Bonchev–Trinajstić information content (AvgIpc) is 3.34. The molecule has 0 aliphatic rings. The SMILES string of the molecule is NC=CC(=Nc1cccc(OC(F)(F)F)c1)c1nn(-c2ccc(-n3cccn3)cc2F)ccc1=O. The molecule has 4 rings (SSSR count). The van der Waals surface area contributed by atoms with E-state index in [1.165, 1.54) is 41.2 Å². The topological polar surface area (TPSA) is 100 Å². The van der Waals surface area contributed by atoms with Crippen LogP contribution < -0.4 is 15.9 Å². The van der Waals surface area contributed by atoms with Crippen LogP contribution in [0.2, 0.25) is 0 Å². The van der Waals surface area contributed by atoms with Crippen LogP contribution in [0.25, 0.3) is 11.4 Å². The Hall–Kier alpha value is -4.74. The molecule has 2 aromatic heterocycles. The van der Waals surface area contributed by atoms with Crippen LogP contribution in [-0.4, -0.2) is 31.6 Å². The van der Waals surface area contributed by atoms with Gasteiger partial charge in [0.2, 0.25) is 5.43 Å². The lowest BCUT2D eigenvalue weighted by Gasteiger charge is -2.11. The Morgan fingerprint density at radius 2 is 1.89 bits per heavy atom. The van der Waals surface area contributed by atoms with Crippen LogP contribution in [0.1, 0.15) is 5.69 Å². The molecular weight excluding hydrogens is 468 g/mol. The van der Waals surface area contributed by atoms with Crippen molar-refractivity contribution in [2.45, 2.75) is 6.36 Å². The van der Waals surface area contributed by atoms with Gasteiger partial charge >= 0.3 is 6.36 Å². The van der Waals surface area contributed by atoms with E-state index in [0.29, 0.717) is 5.69 Å². The second kappa shape index (κ2) is 9.63. The molecule has 178 valence electrons. The van der Waals surface area contributed by atoms with Crippen molar-refractivity contribution < 1.29 is 22.3 Å². The number of aromatic nitrogens is 4. The highest BCUT2D eigenvalue weighted by Gasteiger charge is 2.31. The van der Waals surface area contributed by atoms with Crippen LogP contribution >= 0.6 is 0 Å². The predicted octanol–water partition coefficient (Wildman–Crippen LogP) is 4.05. The third kappa shape index (κ3) is 5.61. The summed E-state index contributed by atoms with van der Waals surface area (Å²) in [5.41, 5.74) is 5.23. The van der Waals surface area contributed by atoms with Gasteiger partial charge in [0, 0.05) is 36.8 Å². The van der Waals surface area contributed by atoms with Crippen LogP contribution in [0.3, 0.4) is 0 Å². The highest BCUT2D eigenvalue weighted by molar-refractivity contribution is 6.08. The predicted molar refractivity (Wildman–Crippen MR) is 120 cm³/mol. The molecule has 0 saturated heterocycles. The van der Waals surface area contributed by atoms with Gasteiger partial charge in [-0.1, -0.05) is 6.07 Å². The summed E-state index contributed by atoms with van der Waals surface area (Å²) < 4.78 is 59.0. The second-order valence-electron chi connectivity index (χ2n) is 6.96. The van der Waals surface area contributed by atoms with Gasteiger partial charge < -0.3 is 10.5 Å². The lowest BCUT2D eigenvalue weighted by atomic mass is 10.2. The lowest BCUT2D eigenvalue weighted by Crippen LogP contribution is -2.21. The van der Waals surface area contributed by atoms with Gasteiger partial charge in [-0.2, -0.15) is 10.2 Å². The number of alkyl halides is 3. The van der Waals surface area contributed by atoms with Crippen molar-refractivity contribution in [3.05, 3.63) is 107 Å². The number of aliphatic imine (C=N–C) groups is 1. The quantitative estimate of drug-likeness (QED) is 0.329. The molecule has 0 unspecified atom stereocenters. The van der Waals surface area contributed by atoms with E-state index in [-0.39, 0.29) is 22.8 Å². The molecule has 0 aliphatic carbocycles. The van der Waals surface area contributed by atoms with Crippen molar-refractivity contribution in [1.29, 1.82) is 0 Å². The Kier molecular flexibility index (Phi) is 6.44. The minimum absolute atomic E-state index is 0.0406. The first-order valence-corrected chi connectivity index (χ1v) is 9.96. The molecule has 0 radical (unpaired) electrons. The number of nitrogens with two attached hydrogens (primary N) is 1. The molecule has 2 N–H and O–H groups in total. The number of hydrogen-bond donors (Lipinski definition) is 1. The summed E-state index contributed by atoms with van der Waals surface area (Å²) in [4.78, 5) is 16.7. The van der Waals surface area contributed by atoms with Gasteiger partial charge in [0.1, 0.15) is 11.4 Å². The van der Waals surface area contributed by atoms with Crippen molar-refractivity contribution >= 4 is 11.4 Å². The fourth-order valence-electron chi connectivity index (χ4n) is 3.11. The maximum Gasteiger partial charge on any atom is 0.573 e. The van der Waals surface area contributed by atoms with Gasteiger partial charge in [-0.05, 0) is 42.6 Å². The summed E-state index contributed by atoms with van der Waals surface area (Å²) in [5.74, 6) is -1.13. The van der Waals surface area contributed by atoms with E-state index in [2.05, 4.69) is 19.9 Å². The molecule has 0 spiro atoms. The van der Waals surface area contributed by atoms with E-state index in [0.717, 1.165) is 29.1 Å². The molecule has 2 aromatic carbocycles. The van der Waals surface area contributed by atoms with Crippen LogP contribution in [-0.2, 0) is 0 Å². The fraction of sp³-hybridized carbons (Fsp3) is 0.0435. The van der Waals surface area contributed by atoms with Gasteiger partial charge in [-0.3, -0.25) is 4.79 Å². The summed E-state index contributed by atoms with van der Waals surface area (Å²) in [5, 5.41) is 8.23. The van der Waals surface area contributed by atoms with Crippen LogP contribution in [0, 0.1) is 5.82 Å². The molecule has 12 heteroatoms. The monoisotopic (exact) mass is 484 g/mol. The molecular formula is C23H16F4N6O2. The summed E-state index contributed by atoms with van der Waals surface area (Å²) >= 11 is 0. The summed E-state index contributed by atoms with van der Waals surface area (Å²) in [7, 11) is 0. The number of nitrogens with zero attached hydrogens (tertiary/aromatic N) is 5. The zero-order valence-electron chi connectivity index (χ0n) is 17.7. The van der Waals surface area contributed by atoms with E-state index in [1.54, 1.807) is 24.5 Å². The summed E-state index contributed by atoms with van der Waals surface area (Å²) in [6.45, 7) is 0. The molecule has 2 heterocycles. The van der Waals surface area contributed by atoms with Gasteiger partial charge in [-0.15, -0.1) is 13.2 Å². The van der Waals surface area contributed by atoms with Crippen LogP contribution in [0.5, 0.6) is 5.75 Å². The van der Waals surface area contributed by atoms with E-state index in [4.69, 9.17) is 5.73 Å². The van der Waals surface area contributed by atoms with Crippen LogP contribution in [0.4, 0.5) is 23.2 Å². The zero-order chi connectivity index (χ0) is 25.0. The Morgan fingerprint density at radius 3 is 2.57 bits per heavy atom. The third-order valence-electron chi connectivity index (χ3n) is 4.55. The highest BCUT2D eigenvalue weighted by atomic mass is 19.4. The standard InChI is InChI=1S/C23H16F4N6O2/c24-18-14-16(32-11-2-10-29-32)5-6-20(18)33-12-8-21(34)22(31-33)19(7-9-28)30-15-3-1-4-17(13-15)35-23(25,26)27/h1-14H,28H2. The van der Waals surface area contributed by atoms with Crippen molar-refractivity contribution in [2.24, 2.45) is 10.7 Å². The summed E-state index contributed by atoms with van der Waals surface area (Å²) in [6, 6.07) is 12.0. The van der Waals surface area contributed by atoms with Gasteiger partial charge in [0.15, 0.2) is 11.5 Å². The maximum absolute atomic E-state index is 14.9. The molecule has 4 aromatic rings. The Labute approximate surface area is 195 Å². The van der Waals surface area contributed by atoms with Gasteiger partial charge in [0.25, 0.3) is 0 Å². The molecule has 0 bridgehead atoms. The minimum Gasteiger partial charge on any atom is -0.406 e. The van der Waals surface area contributed by atoms with Crippen molar-refractivity contribution in [2.75, 3.05) is 0 Å². The van der Waals surface area contributed by atoms with Crippen molar-refractivity contribution in [1.82, 2.24) is 19.6 Å². The first kappa shape index (κ1) is 23.4. The Balaban J connectivity index is 1.74. The first-order chi connectivity index (χ1) is 16.7. The normalized spacial score (nSPS) is 12.3. The molecule has 8 nitrogen and oxygen atoms in total. The Bertz CT molecular complexity index is 1460. The fourth-order valence-corrected chi connectivity index (χ4v) is 3.11. The summed E-state index contributed by atoms with van der Waals surface area (Å²) in [6.07, 6.45) is 1.95. The number of rotatable bonds is 6. The molecule has 0 fully saturated rings. The third-order valence-corrected chi connectivity index (χ3v) is 4.55. The molecule has 0 atom stereocenters. The Morgan fingerprint density at radius 1 is 1.06 bits per heavy atom. The average molecular weight is 484 g/mol. The number of halogens is 4. The zero-order valence-corrected chi connectivity index (χ0v) is 17.7. The highest BCUT2D eigenvalue weighted by Crippen LogP contribution is 2.26. The second-order valence-corrected chi connectivity index (χ2v) is 6.96. The number of hydrogen-bond acceptors (Lipinski definition) is 6. The number of ether oxygens (including phenoxy) is 1. The first-order valence-electron chi connectivity index (χ1n) is 9.96. The van der Waals surface area contributed by atoms with Crippen LogP contribution in [0.15, 0.2) is 95.3 Å². The van der Waals surface area contributed by atoms with E-state index < -0.39 is 23.4 Å². The largest absolute Gasteiger partial charge is 0.573 e. The number of benzene rings is 2. The molecule has 0 amide bonds. The van der Waals surface area contributed by atoms with Gasteiger partial charge in [0.05, 0.1) is 17.1 Å². The molecule has 0 aliphatic heterocycles. The smallest absolute Gasteiger partial charge is 0.406 e. The van der Waals surface area contributed by atoms with Crippen molar-refractivity contribution in [3.63, 3.8) is 0 Å². The molecule has 35 heavy (non-hydrogen) atoms. The van der Waals surface area contributed by atoms with Gasteiger partial charge in [-0.25, -0.2) is 18.7 Å². The van der Waals surface area contributed by atoms with E-state index in [1.807, 2.05) is 0 Å². The maximum atomic E-state index is 14.9. The van der Waals surface area contributed by atoms with Crippen molar-refractivity contribution in [3.8, 4) is 17.1 Å². The lowest BCUT2D eigenvalue weighted by molar-refractivity contribution is -0.274. The van der Waals surface area contributed by atoms with E-state index in [9.17, 15) is 22.4 Å². The minimum atomic E-state index is -4.88. The van der Waals surface area contributed by atoms with E-state index >= 15 is 0 Å². The number of allylic oxidation sites excluding steroid dienone is 1. The molecule has 0 saturated carbocycles.